The van der Waals surface area contributed by atoms with Crippen LogP contribution >= 0.6 is 11.6 Å². The van der Waals surface area contributed by atoms with Crippen LogP contribution in [0.1, 0.15) is 38.6 Å². The van der Waals surface area contributed by atoms with Gasteiger partial charge in [0.05, 0.1) is 13.0 Å². The highest BCUT2D eigenvalue weighted by molar-refractivity contribution is 6.30. The molecule has 0 aliphatic rings. The summed E-state index contributed by atoms with van der Waals surface area (Å²) in [7, 11) is 0. The predicted molar refractivity (Wildman–Crippen MR) is 66.6 cm³/mol. The Morgan fingerprint density at radius 2 is 1.74 bits per heavy atom. The van der Waals surface area contributed by atoms with Crippen LogP contribution in [0.15, 0.2) is 0 Å². The summed E-state index contributed by atoms with van der Waals surface area (Å²) in [5, 5.41) is 0.196. The standard InChI is InChI=1S/C12H16ClF3N2O/c1-7-8(13)17-10(11(2,3)4)18-9(7)19-6-5-12(14,15)16/h5-6H2,1-4H3. The molecule has 0 saturated heterocycles. The third kappa shape index (κ3) is 4.86. The zero-order chi connectivity index (χ0) is 14.8. The van der Waals surface area contributed by atoms with Crippen LogP contribution in [0.5, 0.6) is 5.88 Å². The van der Waals surface area contributed by atoms with E-state index in [0.29, 0.717) is 11.4 Å². The number of hydrogen-bond donors (Lipinski definition) is 0. The lowest BCUT2D eigenvalue weighted by Crippen LogP contribution is -2.19. The Bertz CT molecular complexity index is 456. The third-order valence-corrected chi connectivity index (χ3v) is 2.70. The number of hydrogen-bond acceptors (Lipinski definition) is 3. The van der Waals surface area contributed by atoms with Crippen molar-refractivity contribution in [3.05, 3.63) is 16.5 Å². The normalized spacial score (nSPS) is 12.6. The first kappa shape index (κ1) is 16.0. The van der Waals surface area contributed by atoms with E-state index in [-0.39, 0.29) is 16.4 Å². The molecule has 0 radical (unpaired) electrons. The Balaban J connectivity index is 2.91. The van der Waals surface area contributed by atoms with Crippen LogP contribution in [0.25, 0.3) is 0 Å². The van der Waals surface area contributed by atoms with Gasteiger partial charge in [-0.1, -0.05) is 32.4 Å². The van der Waals surface area contributed by atoms with Gasteiger partial charge in [-0.2, -0.15) is 18.2 Å². The molecular formula is C12H16ClF3N2O. The van der Waals surface area contributed by atoms with Crippen molar-refractivity contribution in [2.24, 2.45) is 0 Å². The molecule has 1 aromatic heterocycles. The van der Waals surface area contributed by atoms with Crippen molar-refractivity contribution in [1.29, 1.82) is 0 Å². The van der Waals surface area contributed by atoms with Gasteiger partial charge in [0, 0.05) is 11.0 Å². The van der Waals surface area contributed by atoms with Crippen molar-refractivity contribution in [1.82, 2.24) is 9.97 Å². The van der Waals surface area contributed by atoms with Crippen molar-refractivity contribution in [2.75, 3.05) is 6.61 Å². The van der Waals surface area contributed by atoms with Gasteiger partial charge in [-0.15, -0.1) is 0 Å². The maximum absolute atomic E-state index is 12.1. The summed E-state index contributed by atoms with van der Waals surface area (Å²) in [6.07, 6.45) is -5.28. The first-order valence-corrected chi connectivity index (χ1v) is 6.12. The molecule has 0 saturated carbocycles. The molecule has 0 N–H and O–H groups in total. The first-order valence-electron chi connectivity index (χ1n) is 5.75. The zero-order valence-corrected chi connectivity index (χ0v) is 12.0. The van der Waals surface area contributed by atoms with E-state index in [1.54, 1.807) is 6.92 Å². The van der Waals surface area contributed by atoms with E-state index in [4.69, 9.17) is 16.3 Å². The van der Waals surface area contributed by atoms with E-state index in [1.165, 1.54) is 0 Å². The summed E-state index contributed by atoms with van der Waals surface area (Å²) in [6, 6.07) is 0. The lowest BCUT2D eigenvalue weighted by molar-refractivity contribution is -0.139. The Morgan fingerprint density at radius 3 is 2.21 bits per heavy atom. The summed E-state index contributed by atoms with van der Waals surface area (Å²) in [4.78, 5) is 8.25. The fraction of sp³-hybridized carbons (Fsp3) is 0.667. The van der Waals surface area contributed by atoms with Crippen molar-refractivity contribution in [3.8, 4) is 5.88 Å². The van der Waals surface area contributed by atoms with E-state index >= 15 is 0 Å². The summed E-state index contributed by atoms with van der Waals surface area (Å²) >= 11 is 5.94. The lowest BCUT2D eigenvalue weighted by atomic mass is 9.96. The van der Waals surface area contributed by atoms with Gasteiger partial charge in [-0.3, -0.25) is 0 Å². The predicted octanol–water partition coefficient (Wildman–Crippen LogP) is 4.07. The van der Waals surface area contributed by atoms with Crippen molar-refractivity contribution < 1.29 is 17.9 Å². The second-order valence-corrected chi connectivity index (χ2v) is 5.59. The van der Waals surface area contributed by atoms with Gasteiger partial charge in [0.15, 0.2) is 0 Å². The average Bonchev–Trinajstić information content (AvgIpc) is 2.20. The largest absolute Gasteiger partial charge is 0.477 e. The van der Waals surface area contributed by atoms with Gasteiger partial charge < -0.3 is 4.74 Å². The average molecular weight is 297 g/mol. The van der Waals surface area contributed by atoms with Crippen LogP contribution in [0.2, 0.25) is 5.15 Å². The molecule has 0 fully saturated rings. The molecule has 19 heavy (non-hydrogen) atoms. The van der Waals surface area contributed by atoms with Gasteiger partial charge in [0.2, 0.25) is 5.88 Å². The van der Waals surface area contributed by atoms with Crippen LogP contribution in [0.4, 0.5) is 13.2 Å². The van der Waals surface area contributed by atoms with Crippen molar-refractivity contribution >= 4 is 11.6 Å². The molecule has 0 aliphatic carbocycles. The zero-order valence-electron chi connectivity index (χ0n) is 11.2. The van der Waals surface area contributed by atoms with Crippen LogP contribution in [0.3, 0.4) is 0 Å². The monoisotopic (exact) mass is 296 g/mol. The van der Waals surface area contributed by atoms with E-state index in [2.05, 4.69) is 9.97 Å². The van der Waals surface area contributed by atoms with E-state index < -0.39 is 19.2 Å². The van der Waals surface area contributed by atoms with E-state index in [0.717, 1.165) is 0 Å². The molecule has 0 unspecified atom stereocenters. The van der Waals surface area contributed by atoms with Crippen LogP contribution in [-0.2, 0) is 5.41 Å². The van der Waals surface area contributed by atoms with Gasteiger partial charge >= 0.3 is 6.18 Å². The molecule has 1 aromatic rings. The summed E-state index contributed by atoms with van der Waals surface area (Å²) in [6.45, 7) is 6.77. The van der Waals surface area contributed by atoms with E-state index in [1.807, 2.05) is 20.8 Å². The van der Waals surface area contributed by atoms with Gasteiger partial charge in [0.1, 0.15) is 11.0 Å². The maximum atomic E-state index is 12.1. The maximum Gasteiger partial charge on any atom is 0.392 e. The summed E-state index contributed by atoms with van der Waals surface area (Å²) in [5.41, 5.74) is 0.0799. The third-order valence-electron chi connectivity index (χ3n) is 2.34. The number of aromatic nitrogens is 2. The quantitative estimate of drug-likeness (QED) is 0.789. The van der Waals surface area contributed by atoms with E-state index in [9.17, 15) is 13.2 Å². The van der Waals surface area contributed by atoms with Crippen LogP contribution < -0.4 is 4.74 Å². The van der Waals surface area contributed by atoms with Crippen molar-refractivity contribution in [2.45, 2.75) is 45.7 Å². The van der Waals surface area contributed by atoms with Crippen LogP contribution in [0, 0.1) is 6.92 Å². The van der Waals surface area contributed by atoms with Crippen molar-refractivity contribution in [3.63, 3.8) is 0 Å². The Labute approximate surface area is 115 Å². The van der Waals surface area contributed by atoms with Gasteiger partial charge in [-0.25, -0.2) is 4.98 Å². The van der Waals surface area contributed by atoms with Gasteiger partial charge in [0.25, 0.3) is 0 Å². The fourth-order valence-corrected chi connectivity index (χ4v) is 1.37. The Hall–Kier alpha value is -1.04. The summed E-state index contributed by atoms with van der Waals surface area (Å²) in [5.74, 6) is 0.541. The highest BCUT2D eigenvalue weighted by atomic mass is 35.5. The Kier molecular flexibility index (Phi) is 4.66. The number of rotatable bonds is 3. The molecule has 108 valence electrons. The number of ether oxygens (including phenoxy) is 1. The topological polar surface area (TPSA) is 35.0 Å². The molecule has 7 heteroatoms. The minimum Gasteiger partial charge on any atom is -0.477 e. The number of halogens is 4. The number of nitrogens with zero attached hydrogens (tertiary/aromatic N) is 2. The second kappa shape index (κ2) is 5.53. The molecule has 0 aliphatic heterocycles. The molecule has 3 nitrogen and oxygen atoms in total. The van der Waals surface area contributed by atoms with Gasteiger partial charge in [-0.05, 0) is 6.92 Å². The minimum atomic E-state index is -4.25. The Morgan fingerprint density at radius 1 is 1.16 bits per heavy atom. The highest BCUT2D eigenvalue weighted by Crippen LogP contribution is 2.28. The molecule has 1 rings (SSSR count). The lowest BCUT2D eigenvalue weighted by Gasteiger charge is -2.19. The molecular weight excluding hydrogens is 281 g/mol. The molecule has 0 aromatic carbocycles. The number of alkyl halides is 3. The fourth-order valence-electron chi connectivity index (χ4n) is 1.21. The molecule has 0 spiro atoms. The molecule has 0 bridgehead atoms. The molecule has 0 atom stereocenters. The van der Waals surface area contributed by atoms with Crippen LogP contribution in [-0.4, -0.2) is 22.8 Å². The minimum absolute atomic E-state index is 0.106. The second-order valence-electron chi connectivity index (χ2n) is 5.23. The molecule has 0 amide bonds. The smallest absolute Gasteiger partial charge is 0.392 e. The molecule has 1 heterocycles. The summed E-state index contributed by atoms with van der Waals surface area (Å²) < 4.78 is 41.3. The first-order chi connectivity index (χ1) is 8.50. The highest BCUT2D eigenvalue weighted by Gasteiger charge is 2.27. The SMILES string of the molecule is Cc1c(Cl)nc(C(C)(C)C)nc1OCCC(F)(F)F.